The van der Waals surface area contributed by atoms with Gasteiger partial charge in [-0.05, 0) is 49.2 Å². The number of hydrogen-bond donors (Lipinski definition) is 1. The van der Waals surface area contributed by atoms with Crippen molar-refractivity contribution in [3.63, 3.8) is 0 Å². The van der Waals surface area contributed by atoms with E-state index in [9.17, 15) is 9.50 Å². The van der Waals surface area contributed by atoms with Gasteiger partial charge in [0.25, 0.3) is 0 Å². The standard InChI is InChI=1S/C14H13FO/c1-9-3-4-14(15)13(7-9)11-5-10(2)6-12(16)8-11/h3-8,16H,1-2H3. The zero-order chi connectivity index (χ0) is 11.7. The first-order valence-corrected chi connectivity index (χ1v) is 5.13. The predicted molar refractivity (Wildman–Crippen MR) is 63.0 cm³/mol. The van der Waals surface area contributed by atoms with E-state index in [-0.39, 0.29) is 11.6 Å². The maximum Gasteiger partial charge on any atom is 0.131 e. The van der Waals surface area contributed by atoms with E-state index in [1.54, 1.807) is 24.3 Å². The Hall–Kier alpha value is -1.83. The lowest BCUT2D eigenvalue weighted by Gasteiger charge is -2.06. The molecule has 0 aliphatic carbocycles. The van der Waals surface area contributed by atoms with Gasteiger partial charge in [0.15, 0.2) is 0 Å². The molecule has 0 fully saturated rings. The van der Waals surface area contributed by atoms with Crippen LogP contribution in [0.4, 0.5) is 4.39 Å². The molecule has 2 aromatic rings. The Kier molecular flexibility index (Phi) is 2.65. The van der Waals surface area contributed by atoms with Crippen LogP contribution in [0.15, 0.2) is 36.4 Å². The summed E-state index contributed by atoms with van der Waals surface area (Å²) in [5, 5.41) is 9.49. The molecular formula is C14H13FO. The van der Waals surface area contributed by atoms with Gasteiger partial charge in [-0.15, -0.1) is 0 Å². The van der Waals surface area contributed by atoms with Gasteiger partial charge in [0.1, 0.15) is 11.6 Å². The van der Waals surface area contributed by atoms with Crippen LogP contribution >= 0.6 is 0 Å². The molecule has 0 bridgehead atoms. The Morgan fingerprint density at radius 3 is 2.38 bits per heavy atom. The average Bonchev–Trinajstić information content (AvgIpc) is 2.20. The highest BCUT2D eigenvalue weighted by molar-refractivity contribution is 5.67. The number of hydrogen-bond acceptors (Lipinski definition) is 1. The third kappa shape index (κ3) is 2.06. The fourth-order valence-electron chi connectivity index (χ4n) is 1.78. The van der Waals surface area contributed by atoms with E-state index in [0.29, 0.717) is 11.1 Å². The summed E-state index contributed by atoms with van der Waals surface area (Å²) < 4.78 is 13.6. The van der Waals surface area contributed by atoms with Crippen LogP contribution in [-0.2, 0) is 0 Å². The normalized spacial score (nSPS) is 10.4. The molecule has 0 amide bonds. The van der Waals surface area contributed by atoms with Crippen LogP contribution in [0.3, 0.4) is 0 Å². The quantitative estimate of drug-likeness (QED) is 0.768. The second-order valence-electron chi connectivity index (χ2n) is 4.04. The smallest absolute Gasteiger partial charge is 0.131 e. The van der Waals surface area contributed by atoms with Gasteiger partial charge in [0.2, 0.25) is 0 Å². The van der Waals surface area contributed by atoms with Crippen molar-refractivity contribution >= 4 is 0 Å². The first kappa shape index (κ1) is 10.7. The number of halogens is 1. The van der Waals surface area contributed by atoms with Crippen molar-refractivity contribution in [2.24, 2.45) is 0 Å². The maximum atomic E-state index is 13.6. The zero-order valence-electron chi connectivity index (χ0n) is 9.29. The highest BCUT2D eigenvalue weighted by atomic mass is 19.1. The summed E-state index contributed by atoms with van der Waals surface area (Å²) in [5.74, 6) is -0.105. The van der Waals surface area contributed by atoms with Gasteiger partial charge < -0.3 is 5.11 Å². The lowest BCUT2D eigenvalue weighted by Crippen LogP contribution is -1.86. The van der Waals surface area contributed by atoms with Gasteiger partial charge in [-0.1, -0.05) is 17.7 Å². The highest BCUT2D eigenvalue weighted by Crippen LogP contribution is 2.28. The van der Waals surface area contributed by atoms with Crippen LogP contribution in [-0.4, -0.2) is 5.11 Å². The summed E-state index contributed by atoms with van der Waals surface area (Å²) in [7, 11) is 0. The van der Waals surface area contributed by atoms with Gasteiger partial charge in [0.05, 0.1) is 0 Å². The molecule has 2 rings (SSSR count). The summed E-state index contributed by atoms with van der Waals surface area (Å²) >= 11 is 0. The topological polar surface area (TPSA) is 20.2 Å². The molecule has 2 aromatic carbocycles. The summed E-state index contributed by atoms with van der Waals surface area (Å²) in [4.78, 5) is 0. The minimum atomic E-state index is -0.268. The lowest BCUT2D eigenvalue weighted by molar-refractivity contribution is 0.475. The third-order valence-corrected chi connectivity index (χ3v) is 2.49. The van der Waals surface area contributed by atoms with E-state index >= 15 is 0 Å². The largest absolute Gasteiger partial charge is 0.508 e. The van der Waals surface area contributed by atoms with Crippen molar-refractivity contribution in [3.8, 4) is 16.9 Å². The van der Waals surface area contributed by atoms with Crippen LogP contribution in [0.2, 0.25) is 0 Å². The van der Waals surface area contributed by atoms with Crippen LogP contribution < -0.4 is 0 Å². The second kappa shape index (κ2) is 3.97. The molecule has 1 N–H and O–H groups in total. The molecule has 0 spiro atoms. The molecule has 82 valence electrons. The van der Waals surface area contributed by atoms with Crippen LogP contribution in [0.5, 0.6) is 5.75 Å². The number of phenolic OH excluding ortho intramolecular Hbond substituents is 1. The average molecular weight is 216 g/mol. The van der Waals surface area contributed by atoms with E-state index < -0.39 is 0 Å². The van der Waals surface area contributed by atoms with Crippen molar-refractivity contribution in [1.29, 1.82) is 0 Å². The minimum Gasteiger partial charge on any atom is -0.508 e. The zero-order valence-corrected chi connectivity index (χ0v) is 9.29. The van der Waals surface area contributed by atoms with Crippen LogP contribution in [0.1, 0.15) is 11.1 Å². The Bertz CT molecular complexity index is 512. The molecule has 0 unspecified atom stereocenters. The Balaban J connectivity index is 2.62. The summed E-state index contributed by atoms with van der Waals surface area (Å²) in [6, 6.07) is 10.0. The lowest BCUT2D eigenvalue weighted by atomic mass is 10.0. The highest BCUT2D eigenvalue weighted by Gasteiger charge is 2.06. The molecule has 0 saturated carbocycles. The minimum absolute atomic E-state index is 0.163. The number of rotatable bonds is 1. The van der Waals surface area contributed by atoms with E-state index in [1.807, 2.05) is 19.9 Å². The molecule has 0 radical (unpaired) electrons. The van der Waals surface area contributed by atoms with Crippen molar-refractivity contribution in [3.05, 3.63) is 53.3 Å². The molecule has 0 heterocycles. The number of benzene rings is 2. The Morgan fingerprint density at radius 1 is 0.938 bits per heavy atom. The van der Waals surface area contributed by atoms with Crippen molar-refractivity contribution < 1.29 is 9.50 Å². The van der Waals surface area contributed by atoms with Crippen molar-refractivity contribution in [1.82, 2.24) is 0 Å². The Labute approximate surface area is 94.2 Å². The maximum absolute atomic E-state index is 13.6. The fourth-order valence-corrected chi connectivity index (χ4v) is 1.78. The van der Waals surface area contributed by atoms with E-state index in [1.165, 1.54) is 6.07 Å². The van der Waals surface area contributed by atoms with Crippen LogP contribution in [0.25, 0.3) is 11.1 Å². The van der Waals surface area contributed by atoms with Crippen molar-refractivity contribution in [2.75, 3.05) is 0 Å². The molecule has 2 heteroatoms. The molecular weight excluding hydrogens is 203 g/mol. The van der Waals surface area contributed by atoms with E-state index in [4.69, 9.17) is 0 Å². The summed E-state index contributed by atoms with van der Waals surface area (Å²) in [6.07, 6.45) is 0. The van der Waals surface area contributed by atoms with Gasteiger partial charge in [0, 0.05) is 5.56 Å². The molecule has 0 aromatic heterocycles. The first-order valence-electron chi connectivity index (χ1n) is 5.13. The first-order chi connectivity index (χ1) is 7.56. The molecule has 0 saturated heterocycles. The fraction of sp³-hybridized carbons (Fsp3) is 0.143. The monoisotopic (exact) mass is 216 g/mol. The number of aryl methyl sites for hydroxylation is 2. The number of phenols is 1. The van der Waals surface area contributed by atoms with Gasteiger partial charge in [-0.3, -0.25) is 0 Å². The summed E-state index contributed by atoms with van der Waals surface area (Å²) in [5.41, 5.74) is 3.14. The summed E-state index contributed by atoms with van der Waals surface area (Å²) in [6.45, 7) is 3.79. The van der Waals surface area contributed by atoms with Crippen LogP contribution in [0, 0.1) is 19.7 Å². The van der Waals surface area contributed by atoms with Gasteiger partial charge in [-0.25, -0.2) is 4.39 Å². The van der Waals surface area contributed by atoms with Crippen molar-refractivity contribution in [2.45, 2.75) is 13.8 Å². The molecule has 0 aliphatic heterocycles. The van der Waals surface area contributed by atoms with Gasteiger partial charge in [-0.2, -0.15) is 0 Å². The molecule has 0 aliphatic rings. The molecule has 16 heavy (non-hydrogen) atoms. The molecule has 0 atom stereocenters. The Morgan fingerprint density at radius 2 is 1.69 bits per heavy atom. The third-order valence-electron chi connectivity index (χ3n) is 2.49. The van der Waals surface area contributed by atoms with E-state index in [2.05, 4.69) is 0 Å². The predicted octanol–water partition coefficient (Wildman–Crippen LogP) is 3.82. The van der Waals surface area contributed by atoms with Gasteiger partial charge >= 0.3 is 0 Å². The molecule has 1 nitrogen and oxygen atoms in total. The van der Waals surface area contributed by atoms with E-state index in [0.717, 1.165) is 11.1 Å². The SMILES string of the molecule is Cc1cc(O)cc(-c2cc(C)ccc2F)c1. The second-order valence-corrected chi connectivity index (χ2v) is 4.04. The number of aromatic hydroxyl groups is 1.